The lowest BCUT2D eigenvalue weighted by molar-refractivity contribution is -0.140. The van der Waals surface area contributed by atoms with E-state index in [2.05, 4.69) is 20.4 Å². The predicted octanol–water partition coefficient (Wildman–Crippen LogP) is -0.249. The summed E-state index contributed by atoms with van der Waals surface area (Å²) in [5.74, 6) is 0.447. The average Bonchev–Trinajstić information content (AvgIpc) is 2.31. The number of guanidine groups is 1. The molecule has 0 aromatic carbocycles. The molecule has 0 spiro atoms. The molecule has 6 heteroatoms. The van der Waals surface area contributed by atoms with Crippen molar-refractivity contribution in [1.29, 1.82) is 0 Å². The first-order valence-electron chi connectivity index (χ1n) is 5.24. The van der Waals surface area contributed by atoms with E-state index in [-0.39, 0.29) is 5.97 Å². The molecule has 0 aromatic heterocycles. The van der Waals surface area contributed by atoms with Crippen LogP contribution in [0.2, 0.25) is 0 Å². The Morgan fingerprint density at radius 2 is 1.94 bits per heavy atom. The minimum absolute atomic E-state index is 0.234. The molecule has 0 heterocycles. The second kappa shape index (κ2) is 10.2. The van der Waals surface area contributed by atoms with Gasteiger partial charge in [0.1, 0.15) is 0 Å². The van der Waals surface area contributed by atoms with E-state index in [4.69, 9.17) is 4.74 Å². The Labute approximate surface area is 96.4 Å². The van der Waals surface area contributed by atoms with Crippen LogP contribution in [0.1, 0.15) is 12.8 Å². The molecule has 2 N–H and O–H groups in total. The number of hydrogen-bond acceptors (Lipinski definition) is 4. The van der Waals surface area contributed by atoms with Crippen molar-refractivity contribution in [2.75, 3.05) is 41.0 Å². The maximum absolute atomic E-state index is 10.8. The highest BCUT2D eigenvalue weighted by Crippen LogP contribution is 1.82. The molecule has 0 saturated heterocycles. The standard InChI is InChI=1S/C10H21N3O3/c1-11-10(12-6-4-8-15-2)13-7-5-9(14)16-3/h4-8H2,1-3H3,(H2,11,12,13). The number of nitrogens with zero attached hydrogens (tertiary/aromatic N) is 1. The van der Waals surface area contributed by atoms with E-state index >= 15 is 0 Å². The number of carbonyl (C=O) groups is 1. The average molecular weight is 231 g/mol. The second-order valence-corrected chi connectivity index (χ2v) is 3.10. The fourth-order valence-electron chi connectivity index (χ4n) is 1.03. The summed E-state index contributed by atoms with van der Waals surface area (Å²) in [6.07, 6.45) is 1.24. The highest BCUT2D eigenvalue weighted by molar-refractivity contribution is 5.80. The SMILES string of the molecule is CN=C(NCCCOC)NCCC(=O)OC. The van der Waals surface area contributed by atoms with Crippen molar-refractivity contribution in [3.63, 3.8) is 0 Å². The number of carbonyl (C=O) groups excluding carboxylic acids is 1. The summed E-state index contributed by atoms with van der Waals surface area (Å²) >= 11 is 0. The molecule has 0 aromatic rings. The van der Waals surface area contributed by atoms with Gasteiger partial charge in [-0.05, 0) is 6.42 Å². The van der Waals surface area contributed by atoms with Crippen molar-refractivity contribution >= 4 is 11.9 Å². The number of rotatable bonds is 7. The number of nitrogens with one attached hydrogen (secondary N) is 2. The largest absolute Gasteiger partial charge is 0.469 e. The van der Waals surface area contributed by atoms with Crippen molar-refractivity contribution in [3.05, 3.63) is 0 Å². The minimum atomic E-state index is -0.234. The van der Waals surface area contributed by atoms with Gasteiger partial charge in [-0.3, -0.25) is 9.79 Å². The van der Waals surface area contributed by atoms with E-state index in [0.29, 0.717) is 25.5 Å². The van der Waals surface area contributed by atoms with E-state index < -0.39 is 0 Å². The molecule has 0 saturated carbocycles. The van der Waals surface area contributed by atoms with Crippen LogP contribution >= 0.6 is 0 Å². The lowest BCUT2D eigenvalue weighted by atomic mass is 10.4. The van der Waals surface area contributed by atoms with Gasteiger partial charge in [0.15, 0.2) is 5.96 Å². The predicted molar refractivity (Wildman–Crippen MR) is 62.5 cm³/mol. The van der Waals surface area contributed by atoms with Crippen LogP contribution in [0.4, 0.5) is 0 Å². The highest BCUT2D eigenvalue weighted by Gasteiger charge is 2.01. The molecule has 0 fully saturated rings. The molecule has 6 nitrogen and oxygen atoms in total. The fraction of sp³-hybridized carbons (Fsp3) is 0.800. The van der Waals surface area contributed by atoms with E-state index in [0.717, 1.165) is 13.0 Å². The first-order valence-corrected chi connectivity index (χ1v) is 5.24. The molecule has 0 aliphatic carbocycles. The van der Waals surface area contributed by atoms with Crippen molar-refractivity contribution < 1.29 is 14.3 Å². The van der Waals surface area contributed by atoms with Crippen LogP contribution < -0.4 is 10.6 Å². The van der Waals surface area contributed by atoms with Gasteiger partial charge in [0.05, 0.1) is 13.5 Å². The number of ether oxygens (including phenoxy) is 2. The van der Waals surface area contributed by atoms with Gasteiger partial charge in [-0.2, -0.15) is 0 Å². The van der Waals surface area contributed by atoms with Crippen molar-refractivity contribution in [1.82, 2.24) is 10.6 Å². The summed E-state index contributed by atoms with van der Waals surface area (Å²) in [7, 11) is 4.73. The zero-order valence-corrected chi connectivity index (χ0v) is 10.2. The van der Waals surface area contributed by atoms with Crippen LogP contribution in [0, 0.1) is 0 Å². The van der Waals surface area contributed by atoms with Gasteiger partial charge >= 0.3 is 5.97 Å². The molecule has 0 bridgehead atoms. The van der Waals surface area contributed by atoms with E-state index in [1.54, 1.807) is 14.2 Å². The molecule has 16 heavy (non-hydrogen) atoms. The third kappa shape index (κ3) is 8.05. The molecule has 0 rings (SSSR count). The topological polar surface area (TPSA) is 72.0 Å². The molecule has 0 unspecified atom stereocenters. The third-order valence-electron chi connectivity index (χ3n) is 1.89. The van der Waals surface area contributed by atoms with Gasteiger partial charge in [0.2, 0.25) is 0 Å². The summed E-state index contributed by atoms with van der Waals surface area (Å²) in [6, 6.07) is 0. The van der Waals surface area contributed by atoms with Gasteiger partial charge in [0, 0.05) is 33.9 Å². The molecule has 0 radical (unpaired) electrons. The molecular weight excluding hydrogens is 210 g/mol. The lowest BCUT2D eigenvalue weighted by Gasteiger charge is -2.10. The molecule has 0 aliphatic rings. The summed E-state index contributed by atoms with van der Waals surface area (Å²) in [6.45, 7) is 2.01. The Balaban J connectivity index is 3.56. The first-order chi connectivity index (χ1) is 7.74. The zero-order valence-electron chi connectivity index (χ0n) is 10.2. The Morgan fingerprint density at radius 3 is 2.50 bits per heavy atom. The van der Waals surface area contributed by atoms with Crippen LogP contribution in [0.3, 0.4) is 0 Å². The number of aliphatic imine (C=N–C) groups is 1. The fourth-order valence-corrected chi connectivity index (χ4v) is 1.03. The Bertz CT molecular complexity index is 219. The minimum Gasteiger partial charge on any atom is -0.469 e. The van der Waals surface area contributed by atoms with Crippen molar-refractivity contribution in [2.24, 2.45) is 4.99 Å². The van der Waals surface area contributed by atoms with E-state index in [1.807, 2.05) is 0 Å². The molecule has 0 amide bonds. The van der Waals surface area contributed by atoms with E-state index in [1.165, 1.54) is 7.11 Å². The summed E-state index contributed by atoms with van der Waals surface area (Å²) in [4.78, 5) is 14.9. The number of methoxy groups -OCH3 is 2. The monoisotopic (exact) mass is 231 g/mol. The van der Waals surface area contributed by atoms with Crippen molar-refractivity contribution in [2.45, 2.75) is 12.8 Å². The number of hydrogen-bond donors (Lipinski definition) is 2. The highest BCUT2D eigenvalue weighted by atomic mass is 16.5. The normalized spacial score (nSPS) is 11.1. The third-order valence-corrected chi connectivity index (χ3v) is 1.89. The quantitative estimate of drug-likeness (QED) is 0.274. The van der Waals surface area contributed by atoms with Gasteiger partial charge in [0.25, 0.3) is 0 Å². The first kappa shape index (κ1) is 14.7. The molecule has 0 aliphatic heterocycles. The van der Waals surface area contributed by atoms with Gasteiger partial charge < -0.3 is 20.1 Å². The second-order valence-electron chi connectivity index (χ2n) is 3.10. The molecule has 94 valence electrons. The number of esters is 1. The van der Waals surface area contributed by atoms with Crippen molar-refractivity contribution in [3.8, 4) is 0 Å². The van der Waals surface area contributed by atoms with E-state index in [9.17, 15) is 4.79 Å². The van der Waals surface area contributed by atoms with Crippen LogP contribution in [0.15, 0.2) is 4.99 Å². The van der Waals surface area contributed by atoms with Crippen LogP contribution in [-0.2, 0) is 14.3 Å². The zero-order chi connectivity index (χ0) is 12.2. The lowest BCUT2D eigenvalue weighted by Crippen LogP contribution is -2.39. The molecular formula is C10H21N3O3. The summed E-state index contributed by atoms with van der Waals surface area (Å²) < 4.78 is 9.45. The molecule has 0 atom stereocenters. The van der Waals surface area contributed by atoms with Crippen LogP contribution in [0.5, 0.6) is 0 Å². The Hall–Kier alpha value is -1.30. The Morgan fingerprint density at radius 1 is 1.25 bits per heavy atom. The van der Waals surface area contributed by atoms with Crippen LogP contribution in [0.25, 0.3) is 0 Å². The Kier molecular flexibility index (Phi) is 9.39. The van der Waals surface area contributed by atoms with Gasteiger partial charge in [-0.15, -0.1) is 0 Å². The maximum Gasteiger partial charge on any atom is 0.307 e. The smallest absolute Gasteiger partial charge is 0.307 e. The summed E-state index contributed by atoms with van der Waals surface area (Å²) in [5.41, 5.74) is 0. The van der Waals surface area contributed by atoms with Crippen LogP contribution in [-0.4, -0.2) is 52.9 Å². The maximum atomic E-state index is 10.8. The van der Waals surface area contributed by atoms with Gasteiger partial charge in [-0.25, -0.2) is 0 Å². The summed E-state index contributed by atoms with van der Waals surface area (Å²) in [5, 5.41) is 6.11. The van der Waals surface area contributed by atoms with Gasteiger partial charge in [-0.1, -0.05) is 0 Å².